The van der Waals surface area contributed by atoms with Gasteiger partial charge in [-0.15, -0.1) is 0 Å². The van der Waals surface area contributed by atoms with Crippen molar-refractivity contribution >= 4 is 33.0 Å². The summed E-state index contributed by atoms with van der Waals surface area (Å²) in [5, 5.41) is 6.93. The van der Waals surface area contributed by atoms with Crippen LogP contribution < -0.4 is 10.2 Å². The summed E-state index contributed by atoms with van der Waals surface area (Å²) in [6.45, 7) is 3.09. The third-order valence-electron chi connectivity index (χ3n) is 6.37. The molecule has 1 N–H and O–H groups in total. The van der Waals surface area contributed by atoms with Gasteiger partial charge in [-0.25, -0.2) is 8.42 Å². The highest BCUT2D eigenvalue weighted by Crippen LogP contribution is 2.33. The first-order valence-electron chi connectivity index (χ1n) is 11.6. The van der Waals surface area contributed by atoms with Gasteiger partial charge in [0.15, 0.2) is 6.10 Å². The first-order chi connectivity index (χ1) is 16.5. The van der Waals surface area contributed by atoms with E-state index in [0.29, 0.717) is 38.4 Å². The maximum atomic E-state index is 13.2. The second-order valence-electron chi connectivity index (χ2n) is 8.59. The van der Waals surface area contributed by atoms with Gasteiger partial charge < -0.3 is 19.8 Å². The lowest BCUT2D eigenvalue weighted by Gasteiger charge is -2.27. The number of amides is 1. The van der Waals surface area contributed by atoms with Gasteiger partial charge in [0.2, 0.25) is 10.0 Å². The fourth-order valence-electron chi connectivity index (χ4n) is 4.50. The van der Waals surface area contributed by atoms with Gasteiger partial charge in [-0.2, -0.15) is 4.31 Å². The first kappa shape index (κ1) is 22.8. The molecule has 0 saturated carbocycles. The number of oxime groups is 1. The number of anilines is 2. The molecule has 34 heavy (non-hydrogen) atoms. The highest BCUT2D eigenvalue weighted by Gasteiger charge is 2.30. The number of ether oxygens (including phenoxy) is 1. The van der Waals surface area contributed by atoms with Crippen LogP contribution in [0.5, 0.6) is 0 Å². The molecule has 0 bridgehead atoms. The van der Waals surface area contributed by atoms with Crippen LogP contribution in [0.2, 0.25) is 0 Å². The summed E-state index contributed by atoms with van der Waals surface area (Å²) in [6, 6.07) is 14.6. The van der Waals surface area contributed by atoms with Gasteiger partial charge in [0.1, 0.15) is 5.71 Å². The summed E-state index contributed by atoms with van der Waals surface area (Å²) >= 11 is 0. The van der Waals surface area contributed by atoms with Crippen molar-refractivity contribution in [3.05, 3.63) is 54.1 Å². The second-order valence-corrected chi connectivity index (χ2v) is 10.5. The molecule has 2 saturated heterocycles. The van der Waals surface area contributed by atoms with Gasteiger partial charge in [0, 0.05) is 32.6 Å². The molecule has 1 unspecified atom stereocenters. The van der Waals surface area contributed by atoms with Crippen LogP contribution in [0.4, 0.5) is 11.4 Å². The summed E-state index contributed by atoms with van der Waals surface area (Å²) in [6.07, 6.45) is 2.15. The Morgan fingerprint density at radius 2 is 1.74 bits per heavy atom. The molecule has 10 heteroatoms. The lowest BCUT2D eigenvalue weighted by molar-refractivity contribution is -0.110. The molecule has 2 aromatic rings. The quantitative estimate of drug-likeness (QED) is 0.677. The summed E-state index contributed by atoms with van der Waals surface area (Å²) in [5.41, 5.74) is 2.51. The molecule has 0 aromatic heterocycles. The van der Waals surface area contributed by atoms with Crippen molar-refractivity contribution in [2.45, 2.75) is 30.3 Å². The van der Waals surface area contributed by atoms with E-state index in [2.05, 4.69) is 15.4 Å². The Balaban J connectivity index is 1.39. The molecular weight excluding hydrogens is 456 g/mol. The number of nitrogens with zero attached hydrogens (tertiary/aromatic N) is 3. The Hall–Kier alpha value is -2.95. The molecule has 0 radical (unpaired) electrons. The van der Waals surface area contributed by atoms with Gasteiger partial charge in [-0.1, -0.05) is 35.5 Å². The fourth-order valence-corrected chi connectivity index (χ4v) is 5.93. The molecule has 3 heterocycles. The van der Waals surface area contributed by atoms with Crippen molar-refractivity contribution in [2.75, 3.05) is 49.6 Å². The molecule has 1 amide bonds. The van der Waals surface area contributed by atoms with E-state index in [1.807, 2.05) is 30.3 Å². The Morgan fingerprint density at radius 3 is 2.47 bits per heavy atom. The van der Waals surface area contributed by atoms with Crippen LogP contribution in [0.15, 0.2) is 58.6 Å². The predicted molar refractivity (Wildman–Crippen MR) is 128 cm³/mol. The van der Waals surface area contributed by atoms with E-state index in [0.717, 1.165) is 37.2 Å². The summed E-state index contributed by atoms with van der Waals surface area (Å²) in [5.74, 6) is -0.389. The molecule has 5 rings (SSSR count). The third kappa shape index (κ3) is 4.66. The van der Waals surface area contributed by atoms with Crippen LogP contribution in [-0.4, -0.2) is 63.7 Å². The third-order valence-corrected chi connectivity index (χ3v) is 8.27. The number of hydrogen-bond acceptors (Lipinski definition) is 7. The maximum absolute atomic E-state index is 13.2. The number of sulfonamides is 1. The minimum absolute atomic E-state index is 0.152. The van der Waals surface area contributed by atoms with Crippen LogP contribution in [0, 0.1) is 0 Å². The zero-order valence-electron chi connectivity index (χ0n) is 18.9. The monoisotopic (exact) mass is 484 g/mol. The molecule has 2 aromatic carbocycles. The van der Waals surface area contributed by atoms with Gasteiger partial charge in [-0.3, -0.25) is 4.79 Å². The van der Waals surface area contributed by atoms with Gasteiger partial charge in [0.25, 0.3) is 5.91 Å². The summed E-state index contributed by atoms with van der Waals surface area (Å²) in [7, 11) is -3.70. The number of carbonyl (C=O) groups excluding carboxylic acids is 1. The largest absolute Gasteiger partial charge is 0.387 e. The Labute approximate surface area is 199 Å². The van der Waals surface area contributed by atoms with Crippen molar-refractivity contribution < 1.29 is 22.8 Å². The van der Waals surface area contributed by atoms with Crippen LogP contribution >= 0.6 is 0 Å². The fraction of sp³-hybridized carbons (Fsp3) is 0.417. The van der Waals surface area contributed by atoms with E-state index in [9.17, 15) is 13.2 Å². The highest BCUT2D eigenvalue weighted by molar-refractivity contribution is 7.89. The van der Waals surface area contributed by atoms with Crippen molar-refractivity contribution in [3.63, 3.8) is 0 Å². The average Bonchev–Trinajstić information content (AvgIpc) is 3.58. The Kier molecular flexibility index (Phi) is 6.53. The van der Waals surface area contributed by atoms with E-state index >= 15 is 0 Å². The SMILES string of the molecule is O=C(Nc1cc(S(=O)(=O)N2CCOCC2)ccc1N1CCCC1)C1=NOC(c2ccccc2)C1. The normalized spacial score (nSPS) is 21.2. The molecule has 0 aliphatic carbocycles. The van der Waals surface area contributed by atoms with Crippen LogP contribution in [-0.2, 0) is 24.4 Å². The van der Waals surface area contributed by atoms with Gasteiger partial charge in [-0.05, 0) is 36.6 Å². The number of carbonyl (C=O) groups is 1. The highest BCUT2D eigenvalue weighted by atomic mass is 32.2. The van der Waals surface area contributed by atoms with E-state index < -0.39 is 10.0 Å². The molecule has 3 aliphatic rings. The molecule has 3 aliphatic heterocycles. The molecule has 0 spiro atoms. The Morgan fingerprint density at radius 1 is 1.00 bits per heavy atom. The lowest BCUT2D eigenvalue weighted by atomic mass is 10.0. The van der Waals surface area contributed by atoms with E-state index in [-0.39, 0.29) is 22.6 Å². The molecule has 180 valence electrons. The predicted octanol–water partition coefficient (Wildman–Crippen LogP) is 2.76. The minimum atomic E-state index is -3.70. The maximum Gasteiger partial charge on any atom is 0.273 e. The number of benzene rings is 2. The summed E-state index contributed by atoms with van der Waals surface area (Å²) < 4.78 is 33.1. The number of nitrogens with one attached hydrogen (secondary N) is 1. The topological polar surface area (TPSA) is 101 Å². The van der Waals surface area contributed by atoms with Crippen LogP contribution in [0.1, 0.15) is 30.9 Å². The van der Waals surface area contributed by atoms with E-state index in [1.54, 1.807) is 18.2 Å². The first-order valence-corrected chi connectivity index (χ1v) is 13.0. The molecule has 9 nitrogen and oxygen atoms in total. The van der Waals surface area contributed by atoms with Crippen molar-refractivity contribution in [3.8, 4) is 0 Å². The number of rotatable bonds is 6. The van der Waals surface area contributed by atoms with Crippen molar-refractivity contribution in [1.29, 1.82) is 0 Å². The van der Waals surface area contributed by atoms with Crippen LogP contribution in [0.25, 0.3) is 0 Å². The zero-order valence-corrected chi connectivity index (χ0v) is 19.7. The Bertz CT molecular complexity index is 1170. The van der Waals surface area contributed by atoms with E-state index in [4.69, 9.17) is 9.57 Å². The lowest BCUT2D eigenvalue weighted by Crippen LogP contribution is -2.40. The molecule has 2 fully saturated rings. The van der Waals surface area contributed by atoms with Crippen molar-refractivity contribution in [1.82, 2.24) is 4.31 Å². The minimum Gasteiger partial charge on any atom is -0.387 e. The number of morpholine rings is 1. The van der Waals surface area contributed by atoms with Gasteiger partial charge in [0.05, 0.1) is 29.5 Å². The smallest absolute Gasteiger partial charge is 0.273 e. The summed E-state index contributed by atoms with van der Waals surface area (Å²) in [4.78, 5) is 20.9. The standard InChI is InChI=1S/C24H28N4O5S/c29-24(21-17-23(33-26-21)18-6-2-1-3-7-18)25-20-16-19(8-9-22(20)27-10-4-5-11-27)34(30,31)28-12-14-32-15-13-28/h1-3,6-9,16,23H,4-5,10-15,17H2,(H,25,29). The number of hydrogen-bond donors (Lipinski definition) is 1. The van der Waals surface area contributed by atoms with Gasteiger partial charge >= 0.3 is 0 Å². The average molecular weight is 485 g/mol. The molecular formula is C24H28N4O5S. The van der Waals surface area contributed by atoms with Crippen molar-refractivity contribution in [2.24, 2.45) is 5.16 Å². The zero-order chi connectivity index (χ0) is 23.5. The second kappa shape index (κ2) is 9.73. The van der Waals surface area contributed by atoms with E-state index in [1.165, 1.54) is 4.31 Å². The molecule has 1 atom stereocenters. The van der Waals surface area contributed by atoms with Crippen LogP contribution in [0.3, 0.4) is 0 Å².